The predicted molar refractivity (Wildman–Crippen MR) is 80.5 cm³/mol. The van der Waals surface area contributed by atoms with Crippen molar-refractivity contribution in [1.29, 1.82) is 0 Å². The second-order valence-corrected chi connectivity index (χ2v) is 4.67. The van der Waals surface area contributed by atoms with Gasteiger partial charge in [0.05, 0.1) is 20.8 Å². The lowest BCUT2D eigenvalue weighted by atomic mass is 10.1. The van der Waals surface area contributed by atoms with Crippen molar-refractivity contribution in [3.8, 4) is 29.6 Å². The number of terminal acetylenes is 1. The van der Waals surface area contributed by atoms with E-state index in [0.29, 0.717) is 30.3 Å². The van der Waals surface area contributed by atoms with Crippen LogP contribution in [0.3, 0.4) is 0 Å². The highest BCUT2D eigenvalue weighted by atomic mass is 16.5. The van der Waals surface area contributed by atoms with Crippen molar-refractivity contribution in [3.05, 3.63) is 17.7 Å². The van der Waals surface area contributed by atoms with E-state index in [1.54, 1.807) is 14.2 Å². The molecule has 0 aromatic heterocycles. The molecule has 0 aliphatic heterocycles. The molecule has 0 fully saturated rings. The van der Waals surface area contributed by atoms with Crippen molar-refractivity contribution in [2.75, 3.05) is 20.8 Å². The Kier molecular flexibility index (Phi) is 6.75. The third-order valence-corrected chi connectivity index (χ3v) is 2.79. The summed E-state index contributed by atoms with van der Waals surface area (Å²) < 4.78 is 16.5. The quantitative estimate of drug-likeness (QED) is 0.585. The number of unbranched alkanes of at least 4 members (excludes halogenated alkanes) is 1. The van der Waals surface area contributed by atoms with Crippen LogP contribution in [0.4, 0.5) is 0 Å². The zero-order chi connectivity index (χ0) is 15.0. The van der Waals surface area contributed by atoms with Crippen molar-refractivity contribution in [2.24, 2.45) is 5.73 Å². The molecule has 0 spiro atoms. The fourth-order valence-electron chi connectivity index (χ4n) is 1.91. The molecule has 20 heavy (non-hydrogen) atoms. The first-order valence-corrected chi connectivity index (χ1v) is 6.69. The van der Waals surface area contributed by atoms with Crippen LogP contribution >= 0.6 is 0 Å². The van der Waals surface area contributed by atoms with Gasteiger partial charge in [-0.1, -0.05) is 0 Å². The molecular formula is C16H23NO3. The zero-order valence-electron chi connectivity index (χ0n) is 12.4. The van der Waals surface area contributed by atoms with Gasteiger partial charge in [-0.05, 0) is 37.5 Å². The minimum atomic E-state index is 0.0757. The molecule has 1 aromatic rings. The lowest BCUT2D eigenvalue weighted by molar-refractivity contribution is 0.271. The summed E-state index contributed by atoms with van der Waals surface area (Å²) in [4.78, 5) is 0. The van der Waals surface area contributed by atoms with Gasteiger partial charge in [0.2, 0.25) is 5.75 Å². The largest absolute Gasteiger partial charge is 0.493 e. The molecule has 0 bridgehead atoms. The molecule has 1 aromatic carbocycles. The highest BCUT2D eigenvalue weighted by Crippen LogP contribution is 2.38. The van der Waals surface area contributed by atoms with E-state index in [1.165, 1.54) is 0 Å². The summed E-state index contributed by atoms with van der Waals surface area (Å²) in [7, 11) is 3.22. The van der Waals surface area contributed by atoms with Crippen LogP contribution in [-0.2, 0) is 6.42 Å². The lowest BCUT2D eigenvalue weighted by Gasteiger charge is -2.16. The van der Waals surface area contributed by atoms with Crippen LogP contribution in [0.15, 0.2) is 12.1 Å². The van der Waals surface area contributed by atoms with E-state index in [1.807, 2.05) is 19.1 Å². The van der Waals surface area contributed by atoms with E-state index in [0.717, 1.165) is 18.4 Å². The topological polar surface area (TPSA) is 53.7 Å². The number of ether oxygens (including phenoxy) is 3. The summed E-state index contributed by atoms with van der Waals surface area (Å²) in [6.07, 6.45) is 7.46. The van der Waals surface area contributed by atoms with Gasteiger partial charge in [0.25, 0.3) is 0 Å². The summed E-state index contributed by atoms with van der Waals surface area (Å²) in [6, 6.07) is 3.94. The Labute approximate surface area is 121 Å². The third kappa shape index (κ3) is 4.67. The van der Waals surface area contributed by atoms with Gasteiger partial charge in [-0.3, -0.25) is 0 Å². The van der Waals surface area contributed by atoms with Crippen molar-refractivity contribution < 1.29 is 14.2 Å². The minimum Gasteiger partial charge on any atom is -0.493 e. The van der Waals surface area contributed by atoms with Crippen LogP contribution in [0.1, 0.15) is 25.3 Å². The molecule has 0 amide bonds. The molecule has 1 unspecified atom stereocenters. The van der Waals surface area contributed by atoms with E-state index in [4.69, 9.17) is 26.4 Å². The fourth-order valence-corrected chi connectivity index (χ4v) is 1.91. The van der Waals surface area contributed by atoms with E-state index in [-0.39, 0.29) is 6.04 Å². The van der Waals surface area contributed by atoms with Gasteiger partial charge in [0.1, 0.15) is 0 Å². The lowest BCUT2D eigenvalue weighted by Crippen LogP contribution is -2.17. The van der Waals surface area contributed by atoms with Crippen molar-refractivity contribution in [3.63, 3.8) is 0 Å². The molecule has 1 atom stereocenters. The van der Waals surface area contributed by atoms with Gasteiger partial charge in [-0.25, -0.2) is 0 Å². The van der Waals surface area contributed by atoms with Gasteiger partial charge in [0.15, 0.2) is 11.5 Å². The van der Waals surface area contributed by atoms with Crippen LogP contribution in [0, 0.1) is 12.3 Å². The summed E-state index contributed by atoms with van der Waals surface area (Å²) in [5.74, 6) is 4.50. The van der Waals surface area contributed by atoms with Crippen LogP contribution < -0.4 is 19.9 Å². The van der Waals surface area contributed by atoms with Crippen molar-refractivity contribution in [1.82, 2.24) is 0 Å². The molecule has 0 radical (unpaired) electrons. The van der Waals surface area contributed by atoms with Gasteiger partial charge < -0.3 is 19.9 Å². The Bertz CT molecular complexity index is 438. The number of hydrogen-bond donors (Lipinski definition) is 1. The maximum absolute atomic E-state index is 5.83. The Balaban J connectivity index is 2.93. The molecule has 110 valence electrons. The molecule has 0 aliphatic carbocycles. The average Bonchev–Trinajstić information content (AvgIpc) is 2.43. The Morgan fingerprint density at radius 2 is 1.85 bits per heavy atom. The SMILES string of the molecule is C#CCCCOc1c(OC)cc(CC(C)N)cc1OC. The first-order valence-electron chi connectivity index (χ1n) is 6.69. The summed E-state index contributed by atoms with van der Waals surface area (Å²) in [5.41, 5.74) is 6.89. The Morgan fingerprint density at radius 3 is 2.30 bits per heavy atom. The minimum absolute atomic E-state index is 0.0757. The van der Waals surface area contributed by atoms with Crippen molar-refractivity contribution >= 4 is 0 Å². The Hall–Kier alpha value is -1.86. The molecule has 0 heterocycles. The number of nitrogens with two attached hydrogens (primary N) is 1. The molecule has 4 heteroatoms. The number of methoxy groups -OCH3 is 2. The molecule has 0 saturated heterocycles. The predicted octanol–water partition coefficient (Wildman–Crippen LogP) is 2.39. The zero-order valence-corrected chi connectivity index (χ0v) is 12.4. The third-order valence-electron chi connectivity index (χ3n) is 2.79. The van der Waals surface area contributed by atoms with Crippen LogP contribution in [-0.4, -0.2) is 26.9 Å². The van der Waals surface area contributed by atoms with Gasteiger partial charge in [-0.2, -0.15) is 0 Å². The fraction of sp³-hybridized carbons (Fsp3) is 0.500. The second kappa shape index (κ2) is 8.34. The highest BCUT2D eigenvalue weighted by molar-refractivity contribution is 5.54. The maximum atomic E-state index is 5.83. The number of rotatable bonds is 8. The number of benzene rings is 1. The van der Waals surface area contributed by atoms with Gasteiger partial charge >= 0.3 is 0 Å². The van der Waals surface area contributed by atoms with E-state index >= 15 is 0 Å². The van der Waals surface area contributed by atoms with Crippen molar-refractivity contribution in [2.45, 2.75) is 32.2 Å². The monoisotopic (exact) mass is 277 g/mol. The molecular weight excluding hydrogens is 254 g/mol. The van der Waals surface area contributed by atoms with Crippen LogP contribution in [0.2, 0.25) is 0 Å². The molecule has 2 N–H and O–H groups in total. The average molecular weight is 277 g/mol. The normalized spacial score (nSPS) is 11.6. The van der Waals surface area contributed by atoms with Gasteiger partial charge in [0, 0.05) is 12.5 Å². The van der Waals surface area contributed by atoms with Crippen LogP contribution in [0.5, 0.6) is 17.2 Å². The molecule has 0 saturated carbocycles. The Morgan fingerprint density at radius 1 is 1.25 bits per heavy atom. The van der Waals surface area contributed by atoms with Crippen LogP contribution in [0.25, 0.3) is 0 Å². The molecule has 0 aliphatic rings. The van der Waals surface area contributed by atoms with Gasteiger partial charge in [-0.15, -0.1) is 12.3 Å². The summed E-state index contributed by atoms with van der Waals surface area (Å²) in [5, 5.41) is 0. The van der Waals surface area contributed by atoms with E-state index in [9.17, 15) is 0 Å². The summed E-state index contributed by atoms with van der Waals surface area (Å²) >= 11 is 0. The standard InChI is InChI=1S/C16H23NO3/c1-5-6-7-8-20-16-14(18-3)10-13(9-12(2)17)11-15(16)19-4/h1,10-12H,6-9,17H2,2-4H3. The second-order valence-electron chi connectivity index (χ2n) is 4.67. The summed E-state index contributed by atoms with van der Waals surface area (Å²) in [6.45, 7) is 2.49. The first kappa shape index (κ1) is 16.2. The maximum Gasteiger partial charge on any atom is 0.203 e. The molecule has 4 nitrogen and oxygen atoms in total. The van der Waals surface area contributed by atoms with E-state index in [2.05, 4.69) is 5.92 Å². The smallest absolute Gasteiger partial charge is 0.203 e. The first-order chi connectivity index (χ1) is 9.62. The molecule has 1 rings (SSSR count). The highest BCUT2D eigenvalue weighted by Gasteiger charge is 2.14. The number of hydrogen-bond acceptors (Lipinski definition) is 4. The van der Waals surface area contributed by atoms with E-state index < -0.39 is 0 Å².